The predicted octanol–water partition coefficient (Wildman–Crippen LogP) is 3.95. The van der Waals surface area contributed by atoms with Crippen LogP contribution < -0.4 is 4.74 Å². The zero-order valence-corrected chi connectivity index (χ0v) is 10.6. The second-order valence-electron chi connectivity index (χ2n) is 4.11. The van der Waals surface area contributed by atoms with Gasteiger partial charge in [-0.15, -0.1) is 0 Å². The van der Waals surface area contributed by atoms with Gasteiger partial charge < -0.3 is 9.47 Å². The lowest BCUT2D eigenvalue weighted by molar-refractivity contribution is 0.100. The number of methoxy groups -OCH3 is 2. The first-order valence-corrected chi connectivity index (χ1v) is 5.89. The third-order valence-corrected chi connectivity index (χ3v) is 3.10. The van der Waals surface area contributed by atoms with E-state index in [1.54, 1.807) is 14.2 Å². The molecule has 0 saturated heterocycles. The monoisotopic (exact) mass is 230 g/mol. The molecule has 0 bridgehead atoms. The first kappa shape index (κ1) is 11.9. The van der Waals surface area contributed by atoms with Crippen molar-refractivity contribution < 1.29 is 9.47 Å². The Morgan fingerprint density at radius 1 is 1.00 bits per heavy atom. The number of hydrogen-bond acceptors (Lipinski definition) is 2. The normalized spacial score (nSPS) is 12.6. The molecule has 0 fully saturated rings. The smallest absolute Gasteiger partial charge is 0.119 e. The van der Waals surface area contributed by atoms with E-state index < -0.39 is 0 Å². The van der Waals surface area contributed by atoms with Crippen molar-refractivity contribution in [1.82, 2.24) is 0 Å². The second kappa shape index (κ2) is 5.19. The fraction of sp³-hybridized carbons (Fsp3) is 0.333. The second-order valence-corrected chi connectivity index (χ2v) is 4.11. The van der Waals surface area contributed by atoms with Gasteiger partial charge in [-0.3, -0.25) is 0 Å². The van der Waals surface area contributed by atoms with E-state index in [1.807, 2.05) is 12.1 Å². The van der Waals surface area contributed by atoms with Gasteiger partial charge in [-0.2, -0.15) is 0 Å². The fourth-order valence-electron chi connectivity index (χ4n) is 2.11. The van der Waals surface area contributed by atoms with Crippen molar-refractivity contribution in [2.45, 2.75) is 19.4 Å². The van der Waals surface area contributed by atoms with Crippen LogP contribution in [0.25, 0.3) is 10.8 Å². The van der Waals surface area contributed by atoms with Crippen LogP contribution in [0.4, 0.5) is 0 Å². The highest BCUT2D eigenvalue weighted by molar-refractivity contribution is 5.84. The molecular formula is C15H18O2. The quantitative estimate of drug-likeness (QED) is 0.791. The van der Waals surface area contributed by atoms with Crippen LogP contribution in [0.5, 0.6) is 5.75 Å². The van der Waals surface area contributed by atoms with Crippen molar-refractivity contribution in [3.8, 4) is 5.75 Å². The van der Waals surface area contributed by atoms with Gasteiger partial charge in [-0.05, 0) is 41.0 Å². The Labute approximate surface area is 102 Å². The molecule has 0 aromatic heterocycles. The summed E-state index contributed by atoms with van der Waals surface area (Å²) < 4.78 is 10.7. The van der Waals surface area contributed by atoms with Crippen molar-refractivity contribution in [1.29, 1.82) is 0 Å². The van der Waals surface area contributed by atoms with Crippen LogP contribution in [-0.4, -0.2) is 14.2 Å². The van der Waals surface area contributed by atoms with Crippen LogP contribution in [0.1, 0.15) is 25.0 Å². The molecule has 0 radical (unpaired) electrons. The minimum absolute atomic E-state index is 0.182. The zero-order valence-electron chi connectivity index (χ0n) is 10.6. The summed E-state index contributed by atoms with van der Waals surface area (Å²) in [4.78, 5) is 0. The van der Waals surface area contributed by atoms with Crippen molar-refractivity contribution in [2.24, 2.45) is 0 Å². The summed E-state index contributed by atoms with van der Waals surface area (Å²) in [6.45, 7) is 2.13. The molecule has 2 heteroatoms. The summed E-state index contributed by atoms with van der Waals surface area (Å²) in [5.41, 5.74) is 1.23. The number of benzene rings is 2. The Morgan fingerprint density at radius 3 is 2.35 bits per heavy atom. The molecule has 0 aliphatic carbocycles. The molecule has 0 heterocycles. The Morgan fingerprint density at radius 2 is 1.71 bits per heavy atom. The van der Waals surface area contributed by atoms with E-state index in [2.05, 4.69) is 31.2 Å². The largest absolute Gasteiger partial charge is 0.497 e. The Hall–Kier alpha value is -1.54. The van der Waals surface area contributed by atoms with Crippen molar-refractivity contribution in [2.75, 3.05) is 14.2 Å². The third kappa shape index (κ3) is 2.42. The fourth-order valence-corrected chi connectivity index (χ4v) is 2.11. The molecule has 0 unspecified atom stereocenters. The molecule has 2 nitrogen and oxygen atoms in total. The molecule has 0 spiro atoms. The van der Waals surface area contributed by atoms with E-state index in [9.17, 15) is 0 Å². The van der Waals surface area contributed by atoms with Crippen molar-refractivity contribution in [3.05, 3.63) is 42.0 Å². The van der Waals surface area contributed by atoms with Crippen LogP contribution in [0, 0.1) is 0 Å². The van der Waals surface area contributed by atoms with Gasteiger partial charge in [0.1, 0.15) is 5.75 Å². The van der Waals surface area contributed by atoms with Gasteiger partial charge in [0.15, 0.2) is 0 Å². The summed E-state index contributed by atoms with van der Waals surface area (Å²) in [5, 5.41) is 2.41. The molecule has 0 saturated carbocycles. The van der Waals surface area contributed by atoms with Gasteiger partial charge in [0.2, 0.25) is 0 Å². The summed E-state index contributed by atoms with van der Waals surface area (Å²) >= 11 is 0. The Balaban J connectivity index is 2.44. The van der Waals surface area contributed by atoms with E-state index >= 15 is 0 Å². The van der Waals surface area contributed by atoms with E-state index in [0.717, 1.165) is 12.2 Å². The molecule has 17 heavy (non-hydrogen) atoms. The first-order chi connectivity index (χ1) is 8.28. The number of hydrogen-bond donors (Lipinski definition) is 0. The SMILES string of the molecule is CC[C@H](OC)c1ccc2cc(OC)ccc2c1. The molecule has 90 valence electrons. The maximum Gasteiger partial charge on any atom is 0.119 e. The maximum atomic E-state index is 5.45. The van der Waals surface area contributed by atoms with Crippen LogP contribution in [-0.2, 0) is 4.74 Å². The molecular weight excluding hydrogens is 212 g/mol. The van der Waals surface area contributed by atoms with Gasteiger partial charge in [0.25, 0.3) is 0 Å². The van der Waals surface area contributed by atoms with Gasteiger partial charge in [-0.1, -0.05) is 25.1 Å². The van der Waals surface area contributed by atoms with Crippen LogP contribution in [0.15, 0.2) is 36.4 Å². The minimum atomic E-state index is 0.182. The number of fused-ring (bicyclic) bond motifs is 1. The predicted molar refractivity (Wildman–Crippen MR) is 70.5 cm³/mol. The standard InChI is InChI=1S/C15H18O2/c1-4-15(17-3)13-6-5-12-10-14(16-2)8-7-11(12)9-13/h5-10,15H,4H2,1-3H3/t15-/m0/s1. The van der Waals surface area contributed by atoms with Gasteiger partial charge in [0.05, 0.1) is 13.2 Å². The van der Waals surface area contributed by atoms with E-state index in [0.29, 0.717) is 0 Å². The highest BCUT2D eigenvalue weighted by Gasteiger charge is 2.08. The lowest BCUT2D eigenvalue weighted by Gasteiger charge is -2.14. The molecule has 1 atom stereocenters. The van der Waals surface area contributed by atoms with Gasteiger partial charge in [-0.25, -0.2) is 0 Å². The van der Waals surface area contributed by atoms with E-state index in [1.165, 1.54) is 16.3 Å². The van der Waals surface area contributed by atoms with Crippen LogP contribution in [0.2, 0.25) is 0 Å². The average molecular weight is 230 g/mol. The lowest BCUT2D eigenvalue weighted by Crippen LogP contribution is -1.99. The van der Waals surface area contributed by atoms with Crippen molar-refractivity contribution >= 4 is 10.8 Å². The van der Waals surface area contributed by atoms with Crippen LogP contribution in [0.3, 0.4) is 0 Å². The van der Waals surface area contributed by atoms with Crippen LogP contribution >= 0.6 is 0 Å². The Bertz CT molecular complexity index is 501. The summed E-state index contributed by atoms with van der Waals surface area (Å²) in [5.74, 6) is 0.893. The average Bonchev–Trinajstić information content (AvgIpc) is 2.39. The summed E-state index contributed by atoms with van der Waals surface area (Å²) in [6, 6.07) is 12.5. The van der Waals surface area contributed by atoms with Gasteiger partial charge in [0, 0.05) is 7.11 Å². The summed E-state index contributed by atoms with van der Waals surface area (Å²) in [6.07, 6.45) is 1.17. The lowest BCUT2D eigenvalue weighted by atomic mass is 10.0. The molecule has 0 N–H and O–H groups in total. The maximum absolute atomic E-state index is 5.45. The molecule has 2 aromatic carbocycles. The molecule has 2 aromatic rings. The zero-order chi connectivity index (χ0) is 12.3. The topological polar surface area (TPSA) is 18.5 Å². The summed E-state index contributed by atoms with van der Waals surface area (Å²) in [7, 11) is 3.44. The van der Waals surface area contributed by atoms with E-state index in [4.69, 9.17) is 9.47 Å². The van der Waals surface area contributed by atoms with Crippen molar-refractivity contribution in [3.63, 3.8) is 0 Å². The molecule has 0 amide bonds. The molecule has 2 rings (SSSR count). The molecule has 0 aliphatic rings. The number of rotatable bonds is 4. The minimum Gasteiger partial charge on any atom is -0.497 e. The highest BCUT2D eigenvalue weighted by atomic mass is 16.5. The molecule has 0 aliphatic heterocycles. The number of ether oxygens (including phenoxy) is 2. The third-order valence-electron chi connectivity index (χ3n) is 3.10. The van der Waals surface area contributed by atoms with Gasteiger partial charge >= 0.3 is 0 Å². The Kier molecular flexibility index (Phi) is 3.64. The van der Waals surface area contributed by atoms with E-state index in [-0.39, 0.29) is 6.10 Å². The highest BCUT2D eigenvalue weighted by Crippen LogP contribution is 2.26. The first-order valence-electron chi connectivity index (χ1n) is 5.89.